The zero-order valence-corrected chi connectivity index (χ0v) is 13.6. The van der Waals surface area contributed by atoms with E-state index in [0.717, 1.165) is 12.4 Å². The lowest BCUT2D eigenvalue weighted by atomic mass is 10.2. The molecule has 1 aliphatic heterocycles. The minimum absolute atomic E-state index is 0.237. The highest BCUT2D eigenvalue weighted by atomic mass is 35.5. The van der Waals surface area contributed by atoms with Crippen molar-refractivity contribution in [1.29, 1.82) is 5.26 Å². The van der Waals surface area contributed by atoms with Gasteiger partial charge in [0.25, 0.3) is 0 Å². The molecule has 0 unspecified atom stereocenters. The normalized spacial score (nSPS) is 15.2. The Kier molecular flexibility index (Phi) is 4.63. The second-order valence-electron chi connectivity index (χ2n) is 5.37. The molecule has 1 fully saturated rings. The standard InChI is InChI=1S/C15H12ClF3N6/c16-11-5-10(7-20)8-21-14(11)25-3-1-24(2-4-25)13-6-12(15(17,18)19)22-9-23-13/h5-6,8-9H,1-4H2. The Labute approximate surface area is 146 Å². The molecule has 0 N–H and O–H groups in total. The summed E-state index contributed by atoms with van der Waals surface area (Å²) in [5.74, 6) is 0.792. The molecule has 130 valence electrons. The molecule has 0 aliphatic carbocycles. The van der Waals surface area contributed by atoms with Crippen LogP contribution in [0.5, 0.6) is 0 Å². The monoisotopic (exact) mass is 368 g/mol. The number of anilines is 2. The maximum Gasteiger partial charge on any atom is 0.433 e. The molecule has 3 heterocycles. The van der Waals surface area contributed by atoms with Crippen LogP contribution in [0.2, 0.25) is 5.02 Å². The summed E-state index contributed by atoms with van der Waals surface area (Å²) in [5.41, 5.74) is -0.593. The SMILES string of the molecule is N#Cc1cnc(N2CCN(c3cc(C(F)(F)F)ncn3)CC2)c(Cl)c1. The number of aromatic nitrogens is 3. The maximum atomic E-state index is 12.8. The first-order valence-corrected chi connectivity index (χ1v) is 7.71. The third-order valence-corrected chi connectivity index (χ3v) is 4.08. The van der Waals surface area contributed by atoms with Gasteiger partial charge in [-0.1, -0.05) is 11.6 Å². The summed E-state index contributed by atoms with van der Waals surface area (Å²) >= 11 is 6.15. The first-order chi connectivity index (χ1) is 11.9. The molecule has 3 rings (SSSR count). The Morgan fingerprint density at radius 2 is 1.72 bits per heavy atom. The summed E-state index contributed by atoms with van der Waals surface area (Å²) in [7, 11) is 0. The Balaban J connectivity index is 1.71. The molecule has 0 saturated carbocycles. The Hall–Kier alpha value is -2.60. The summed E-state index contributed by atoms with van der Waals surface area (Å²) in [5, 5.41) is 9.21. The molecule has 0 bridgehead atoms. The van der Waals surface area contributed by atoms with E-state index >= 15 is 0 Å². The van der Waals surface area contributed by atoms with Crippen LogP contribution in [-0.4, -0.2) is 41.1 Å². The van der Waals surface area contributed by atoms with E-state index in [0.29, 0.717) is 42.6 Å². The van der Waals surface area contributed by atoms with Crippen LogP contribution in [0.3, 0.4) is 0 Å². The third-order valence-electron chi connectivity index (χ3n) is 3.80. The van der Waals surface area contributed by atoms with Crippen molar-refractivity contribution in [3.8, 4) is 6.07 Å². The van der Waals surface area contributed by atoms with Gasteiger partial charge in [0.1, 0.15) is 29.7 Å². The number of piperazine rings is 1. The van der Waals surface area contributed by atoms with Crippen molar-refractivity contribution < 1.29 is 13.2 Å². The van der Waals surface area contributed by atoms with Crippen LogP contribution in [0.15, 0.2) is 24.7 Å². The fourth-order valence-corrected chi connectivity index (χ4v) is 2.83. The van der Waals surface area contributed by atoms with E-state index < -0.39 is 11.9 Å². The van der Waals surface area contributed by atoms with E-state index in [-0.39, 0.29) is 5.82 Å². The lowest BCUT2D eigenvalue weighted by Gasteiger charge is -2.36. The van der Waals surface area contributed by atoms with Crippen molar-refractivity contribution in [1.82, 2.24) is 15.0 Å². The van der Waals surface area contributed by atoms with Gasteiger partial charge in [-0.25, -0.2) is 15.0 Å². The maximum absolute atomic E-state index is 12.8. The van der Waals surface area contributed by atoms with Gasteiger partial charge in [0, 0.05) is 38.4 Å². The summed E-state index contributed by atoms with van der Waals surface area (Å²) in [6.07, 6.45) is -2.14. The first-order valence-electron chi connectivity index (χ1n) is 7.33. The molecular formula is C15H12ClF3N6. The zero-order valence-electron chi connectivity index (χ0n) is 12.8. The fraction of sp³-hybridized carbons (Fsp3) is 0.333. The number of halogens is 4. The molecule has 0 amide bonds. The molecule has 25 heavy (non-hydrogen) atoms. The number of rotatable bonds is 2. The number of nitriles is 1. The Morgan fingerprint density at radius 1 is 1.04 bits per heavy atom. The molecule has 2 aromatic rings. The van der Waals surface area contributed by atoms with E-state index in [1.54, 1.807) is 4.90 Å². The zero-order chi connectivity index (χ0) is 18.0. The lowest BCUT2D eigenvalue weighted by molar-refractivity contribution is -0.141. The number of pyridine rings is 1. The molecule has 0 spiro atoms. The van der Waals surface area contributed by atoms with Crippen LogP contribution < -0.4 is 9.80 Å². The van der Waals surface area contributed by atoms with Crippen LogP contribution in [-0.2, 0) is 6.18 Å². The van der Waals surface area contributed by atoms with E-state index in [4.69, 9.17) is 16.9 Å². The highest BCUT2D eigenvalue weighted by molar-refractivity contribution is 6.33. The summed E-state index contributed by atoms with van der Waals surface area (Å²) in [4.78, 5) is 15.1. The molecular weight excluding hydrogens is 357 g/mol. The van der Waals surface area contributed by atoms with Crippen molar-refractivity contribution in [2.75, 3.05) is 36.0 Å². The van der Waals surface area contributed by atoms with Crippen molar-refractivity contribution in [2.24, 2.45) is 0 Å². The average Bonchev–Trinajstić information content (AvgIpc) is 2.61. The number of alkyl halides is 3. The van der Waals surface area contributed by atoms with Crippen LogP contribution in [0, 0.1) is 11.3 Å². The van der Waals surface area contributed by atoms with Gasteiger partial charge in [-0.05, 0) is 6.07 Å². The van der Waals surface area contributed by atoms with E-state index in [1.165, 1.54) is 12.3 Å². The molecule has 6 nitrogen and oxygen atoms in total. The second kappa shape index (κ2) is 6.72. The minimum Gasteiger partial charge on any atom is -0.353 e. The predicted molar refractivity (Wildman–Crippen MR) is 85.4 cm³/mol. The molecule has 2 aromatic heterocycles. The number of hydrogen-bond acceptors (Lipinski definition) is 6. The summed E-state index contributed by atoms with van der Waals surface area (Å²) < 4.78 is 38.3. The molecule has 1 saturated heterocycles. The van der Waals surface area contributed by atoms with E-state index in [2.05, 4.69) is 15.0 Å². The van der Waals surface area contributed by atoms with Gasteiger partial charge in [-0.15, -0.1) is 0 Å². The van der Waals surface area contributed by atoms with Crippen molar-refractivity contribution in [2.45, 2.75) is 6.18 Å². The highest BCUT2D eigenvalue weighted by Gasteiger charge is 2.33. The smallest absolute Gasteiger partial charge is 0.353 e. The lowest BCUT2D eigenvalue weighted by Crippen LogP contribution is -2.47. The summed E-state index contributed by atoms with van der Waals surface area (Å²) in [6.45, 7) is 1.96. The fourth-order valence-electron chi connectivity index (χ4n) is 2.55. The van der Waals surface area contributed by atoms with E-state index in [1.807, 2.05) is 11.0 Å². The molecule has 0 aromatic carbocycles. The first kappa shape index (κ1) is 17.2. The molecule has 1 aliphatic rings. The summed E-state index contributed by atoms with van der Waals surface area (Å²) in [6, 6.07) is 4.45. The largest absolute Gasteiger partial charge is 0.433 e. The van der Waals surface area contributed by atoms with Crippen LogP contribution >= 0.6 is 11.6 Å². The topological polar surface area (TPSA) is 68.9 Å². The minimum atomic E-state index is -4.50. The second-order valence-corrected chi connectivity index (χ2v) is 5.78. The highest BCUT2D eigenvalue weighted by Crippen LogP contribution is 2.30. The van der Waals surface area contributed by atoms with Gasteiger partial charge in [0.2, 0.25) is 0 Å². The molecule has 10 heteroatoms. The van der Waals surface area contributed by atoms with Gasteiger partial charge in [0.15, 0.2) is 0 Å². The van der Waals surface area contributed by atoms with Crippen molar-refractivity contribution in [3.05, 3.63) is 40.9 Å². The van der Waals surface area contributed by atoms with Crippen molar-refractivity contribution in [3.63, 3.8) is 0 Å². The molecule has 0 atom stereocenters. The Bertz CT molecular complexity index is 812. The Morgan fingerprint density at radius 3 is 2.32 bits per heavy atom. The van der Waals surface area contributed by atoms with Crippen LogP contribution in [0.25, 0.3) is 0 Å². The van der Waals surface area contributed by atoms with Gasteiger partial charge in [0.05, 0.1) is 10.6 Å². The number of hydrogen-bond donors (Lipinski definition) is 0. The van der Waals surface area contributed by atoms with Gasteiger partial charge >= 0.3 is 6.18 Å². The predicted octanol–water partition coefficient (Wildman–Crippen LogP) is 2.74. The van der Waals surface area contributed by atoms with Gasteiger partial charge in [-0.2, -0.15) is 18.4 Å². The van der Waals surface area contributed by atoms with Crippen molar-refractivity contribution >= 4 is 23.2 Å². The third kappa shape index (κ3) is 3.74. The van der Waals surface area contributed by atoms with E-state index in [9.17, 15) is 13.2 Å². The van der Waals surface area contributed by atoms with Crippen LogP contribution in [0.4, 0.5) is 24.8 Å². The number of nitrogens with zero attached hydrogens (tertiary/aromatic N) is 6. The van der Waals surface area contributed by atoms with Gasteiger partial charge in [-0.3, -0.25) is 0 Å². The van der Waals surface area contributed by atoms with Gasteiger partial charge < -0.3 is 9.80 Å². The molecule has 0 radical (unpaired) electrons. The average molecular weight is 369 g/mol. The quantitative estimate of drug-likeness (QED) is 0.812. The van der Waals surface area contributed by atoms with Crippen LogP contribution in [0.1, 0.15) is 11.3 Å².